The van der Waals surface area contributed by atoms with Gasteiger partial charge >= 0.3 is 11.9 Å². The highest BCUT2D eigenvalue weighted by molar-refractivity contribution is 6.18. The van der Waals surface area contributed by atoms with Gasteiger partial charge in [0.05, 0.1) is 6.61 Å². The number of carbonyl (C=O) groups excluding carboxylic acids is 2. The van der Waals surface area contributed by atoms with E-state index in [0.717, 1.165) is 5.57 Å². The molecular formula is C20H24O6. The fraction of sp³-hybridized carbons (Fsp3) is 0.400. The zero-order chi connectivity index (χ0) is 19.3. The maximum absolute atomic E-state index is 12.1. The first-order valence-electron chi connectivity index (χ1n) is 8.43. The van der Waals surface area contributed by atoms with Crippen LogP contribution < -0.4 is 9.47 Å². The molecule has 1 saturated heterocycles. The van der Waals surface area contributed by atoms with Crippen molar-refractivity contribution in [2.45, 2.75) is 40.4 Å². The molecule has 0 bridgehead atoms. The van der Waals surface area contributed by atoms with E-state index >= 15 is 0 Å². The fourth-order valence-electron chi connectivity index (χ4n) is 2.25. The number of hydrogen-bond acceptors (Lipinski definition) is 6. The van der Waals surface area contributed by atoms with E-state index in [1.807, 2.05) is 26.8 Å². The Morgan fingerprint density at radius 2 is 1.73 bits per heavy atom. The second-order valence-electron chi connectivity index (χ2n) is 6.47. The smallest absolute Gasteiger partial charge is 0.348 e. The van der Waals surface area contributed by atoms with Crippen LogP contribution in [0, 0.1) is 0 Å². The largest absolute Gasteiger partial charge is 0.490 e. The van der Waals surface area contributed by atoms with E-state index in [0.29, 0.717) is 30.3 Å². The lowest BCUT2D eigenvalue weighted by Gasteiger charge is -2.29. The molecule has 1 aliphatic rings. The Labute approximate surface area is 153 Å². The molecule has 0 amide bonds. The van der Waals surface area contributed by atoms with Crippen LogP contribution in [0.25, 0.3) is 6.08 Å². The molecule has 0 spiro atoms. The predicted octanol–water partition coefficient (Wildman–Crippen LogP) is 3.65. The lowest BCUT2D eigenvalue weighted by molar-refractivity contribution is -0.222. The average molecular weight is 360 g/mol. The molecule has 1 aliphatic heterocycles. The minimum atomic E-state index is -1.26. The quantitative estimate of drug-likeness (QED) is 0.334. The molecule has 0 N–H and O–H groups in total. The van der Waals surface area contributed by atoms with Gasteiger partial charge in [0.1, 0.15) is 12.2 Å². The SMILES string of the molecule is CCOc1cc(C=C2C(=O)OC(C)(C)OC2=O)ccc1OCC=C(C)C. The lowest BCUT2D eigenvalue weighted by Crippen LogP contribution is -2.41. The summed E-state index contributed by atoms with van der Waals surface area (Å²) in [7, 11) is 0. The van der Waals surface area contributed by atoms with Gasteiger partial charge in [0.15, 0.2) is 11.5 Å². The first-order chi connectivity index (χ1) is 12.2. The third kappa shape index (κ3) is 5.12. The molecule has 0 aromatic heterocycles. The Hall–Kier alpha value is -2.76. The number of benzene rings is 1. The monoisotopic (exact) mass is 360 g/mol. The maximum atomic E-state index is 12.1. The van der Waals surface area contributed by atoms with Crippen LogP contribution in [-0.2, 0) is 19.1 Å². The van der Waals surface area contributed by atoms with Crippen LogP contribution in [0.15, 0.2) is 35.4 Å². The summed E-state index contributed by atoms with van der Waals surface area (Å²) in [4.78, 5) is 24.1. The number of cyclic esters (lactones) is 2. The van der Waals surface area contributed by atoms with Crippen molar-refractivity contribution >= 4 is 18.0 Å². The summed E-state index contributed by atoms with van der Waals surface area (Å²) >= 11 is 0. The second-order valence-corrected chi connectivity index (χ2v) is 6.47. The summed E-state index contributed by atoms with van der Waals surface area (Å²) in [5, 5.41) is 0. The van der Waals surface area contributed by atoms with Crippen LogP contribution in [0.5, 0.6) is 11.5 Å². The van der Waals surface area contributed by atoms with Crippen molar-refractivity contribution in [1.82, 2.24) is 0 Å². The number of carbonyl (C=O) groups is 2. The number of rotatable bonds is 6. The molecule has 6 heteroatoms. The Kier molecular flexibility index (Phi) is 6.08. The molecular weight excluding hydrogens is 336 g/mol. The number of allylic oxidation sites excluding steroid dienone is 1. The zero-order valence-corrected chi connectivity index (χ0v) is 15.8. The molecule has 1 heterocycles. The summed E-state index contributed by atoms with van der Waals surface area (Å²) in [6.45, 7) is 9.74. The van der Waals surface area contributed by atoms with Gasteiger partial charge in [-0.2, -0.15) is 0 Å². The van der Waals surface area contributed by atoms with Crippen LogP contribution in [0.4, 0.5) is 0 Å². The van der Waals surface area contributed by atoms with Gasteiger partial charge < -0.3 is 18.9 Å². The van der Waals surface area contributed by atoms with Crippen molar-refractivity contribution in [1.29, 1.82) is 0 Å². The van der Waals surface area contributed by atoms with E-state index in [2.05, 4.69) is 0 Å². The van der Waals surface area contributed by atoms with Crippen LogP contribution in [0.1, 0.15) is 40.2 Å². The fourth-order valence-corrected chi connectivity index (χ4v) is 2.25. The van der Waals surface area contributed by atoms with Crippen molar-refractivity contribution in [3.05, 3.63) is 41.0 Å². The van der Waals surface area contributed by atoms with E-state index < -0.39 is 17.7 Å². The van der Waals surface area contributed by atoms with Crippen molar-refractivity contribution < 1.29 is 28.5 Å². The van der Waals surface area contributed by atoms with Gasteiger partial charge in [-0.25, -0.2) is 9.59 Å². The summed E-state index contributed by atoms with van der Waals surface area (Å²) in [6.07, 6.45) is 3.38. The van der Waals surface area contributed by atoms with Crippen LogP contribution in [0.3, 0.4) is 0 Å². The Morgan fingerprint density at radius 1 is 1.08 bits per heavy atom. The van der Waals surface area contributed by atoms with Gasteiger partial charge in [-0.3, -0.25) is 0 Å². The molecule has 140 valence electrons. The summed E-state index contributed by atoms with van der Waals surface area (Å²) < 4.78 is 21.5. The van der Waals surface area contributed by atoms with E-state index in [-0.39, 0.29) is 5.57 Å². The van der Waals surface area contributed by atoms with Crippen LogP contribution >= 0.6 is 0 Å². The third-order valence-electron chi connectivity index (χ3n) is 3.43. The van der Waals surface area contributed by atoms with Gasteiger partial charge in [-0.1, -0.05) is 11.6 Å². The van der Waals surface area contributed by atoms with Crippen molar-refractivity contribution in [2.24, 2.45) is 0 Å². The summed E-state index contributed by atoms with van der Waals surface area (Å²) in [6, 6.07) is 5.17. The zero-order valence-electron chi connectivity index (χ0n) is 15.8. The van der Waals surface area contributed by atoms with E-state index in [1.54, 1.807) is 18.2 Å². The van der Waals surface area contributed by atoms with E-state index in [9.17, 15) is 9.59 Å². The Morgan fingerprint density at radius 3 is 2.31 bits per heavy atom. The molecule has 0 unspecified atom stereocenters. The first-order valence-corrected chi connectivity index (χ1v) is 8.43. The van der Waals surface area contributed by atoms with Crippen LogP contribution in [0.2, 0.25) is 0 Å². The molecule has 26 heavy (non-hydrogen) atoms. The van der Waals surface area contributed by atoms with Gasteiger partial charge in [-0.15, -0.1) is 0 Å². The summed E-state index contributed by atoms with van der Waals surface area (Å²) in [5.74, 6) is -1.57. The normalized spacial score (nSPS) is 15.7. The molecule has 0 saturated carbocycles. The van der Waals surface area contributed by atoms with Crippen molar-refractivity contribution in [2.75, 3.05) is 13.2 Å². The molecule has 0 aliphatic carbocycles. The third-order valence-corrected chi connectivity index (χ3v) is 3.43. The molecule has 1 fully saturated rings. The highest BCUT2D eigenvalue weighted by Crippen LogP contribution is 2.31. The Balaban J connectivity index is 2.27. The second kappa shape index (κ2) is 8.08. The number of hydrogen-bond donors (Lipinski definition) is 0. The van der Waals surface area contributed by atoms with Gasteiger partial charge in [0.2, 0.25) is 0 Å². The Bertz CT molecular complexity index is 732. The topological polar surface area (TPSA) is 71.1 Å². The minimum Gasteiger partial charge on any atom is -0.490 e. The van der Waals surface area contributed by atoms with Gasteiger partial charge in [0.25, 0.3) is 5.79 Å². The van der Waals surface area contributed by atoms with Crippen molar-refractivity contribution in [3.8, 4) is 11.5 Å². The predicted molar refractivity (Wildman–Crippen MR) is 96.8 cm³/mol. The number of ether oxygens (including phenoxy) is 4. The maximum Gasteiger partial charge on any atom is 0.348 e. The first kappa shape index (κ1) is 19.6. The summed E-state index contributed by atoms with van der Waals surface area (Å²) in [5.41, 5.74) is 1.60. The average Bonchev–Trinajstić information content (AvgIpc) is 2.52. The van der Waals surface area contributed by atoms with Gasteiger partial charge in [-0.05, 0) is 50.6 Å². The molecule has 1 aromatic carbocycles. The molecule has 2 rings (SSSR count). The molecule has 6 nitrogen and oxygen atoms in total. The van der Waals surface area contributed by atoms with E-state index in [4.69, 9.17) is 18.9 Å². The standard InChI is InChI=1S/C20H24O6/c1-6-23-17-12-14(7-8-16(17)24-10-9-13(2)3)11-15-18(21)25-20(4,5)26-19(15)22/h7-9,11-12H,6,10H2,1-5H3. The minimum absolute atomic E-state index is 0.162. The molecule has 0 radical (unpaired) electrons. The molecule has 0 atom stereocenters. The highest BCUT2D eigenvalue weighted by Gasteiger charge is 2.38. The van der Waals surface area contributed by atoms with Gasteiger partial charge in [0, 0.05) is 13.8 Å². The van der Waals surface area contributed by atoms with Crippen molar-refractivity contribution in [3.63, 3.8) is 0 Å². The number of esters is 2. The highest BCUT2D eigenvalue weighted by atomic mass is 16.7. The van der Waals surface area contributed by atoms with E-state index in [1.165, 1.54) is 19.9 Å². The molecule has 1 aromatic rings. The van der Waals surface area contributed by atoms with Crippen LogP contribution in [-0.4, -0.2) is 30.9 Å². The lowest BCUT2D eigenvalue weighted by atomic mass is 10.1.